The number of hydrogen-bond donors (Lipinski definition) is 1. The van der Waals surface area contributed by atoms with Crippen molar-refractivity contribution in [1.82, 2.24) is 10.2 Å². The van der Waals surface area contributed by atoms with Crippen molar-refractivity contribution in [1.29, 1.82) is 0 Å². The lowest BCUT2D eigenvalue weighted by Crippen LogP contribution is -2.46. The summed E-state index contributed by atoms with van der Waals surface area (Å²) >= 11 is 1.75. The van der Waals surface area contributed by atoms with Gasteiger partial charge in [0.15, 0.2) is 0 Å². The normalized spacial score (nSPS) is 26.9. The van der Waals surface area contributed by atoms with Crippen molar-refractivity contribution in [3.63, 3.8) is 0 Å². The summed E-state index contributed by atoms with van der Waals surface area (Å²) in [5, 5.41) is 3.31. The van der Waals surface area contributed by atoms with Crippen molar-refractivity contribution in [2.75, 3.05) is 12.0 Å². The van der Waals surface area contributed by atoms with E-state index in [4.69, 9.17) is 0 Å². The molecule has 5 heteroatoms. The fraction of sp³-hybridized carbons (Fsp3) is 0.867. The maximum atomic E-state index is 12.5. The molecule has 2 amide bonds. The molecule has 1 aliphatic heterocycles. The summed E-state index contributed by atoms with van der Waals surface area (Å²) in [7, 11) is 0. The first-order chi connectivity index (χ1) is 9.63. The van der Waals surface area contributed by atoms with Crippen molar-refractivity contribution in [3.8, 4) is 0 Å². The van der Waals surface area contributed by atoms with E-state index in [-0.39, 0.29) is 29.9 Å². The molecule has 0 aromatic heterocycles. The molecule has 0 aromatic rings. The Balaban J connectivity index is 1.97. The Morgan fingerprint density at radius 3 is 2.50 bits per heavy atom. The molecule has 1 N–H and O–H groups in total. The van der Waals surface area contributed by atoms with E-state index in [2.05, 4.69) is 18.5 Å². The number of imide groups is 1. The van der Waals surface area contributed by atoms with Crippen molar-refractivity contribution >= 4 is 23.6 Å². The van der Waals surface area contributed by atoms with Crippen molar-refractivity contribution in [3.05, 3.63) is 0 Å². The molecule has 0 radical (unpaired) electrons. The van der Waals surface area contributed by atoms with Gasteiger partial charge < -0.3 is 5.32 Å². The Labute approximate surface area is 126 Å². The monoisotopic (exact) mass is 298 g/mol. The second-order valence-electron chi connectivity index (χ2n) is 6.03. The van der Waals surface area contributed by atoms with Crippen LogP contribution in [0, 0.1) is 0 Å². The summed E-state index contributed by atoms with van der Waals surface area (Å²) in [5.74, 6) is 0.993. The van der Waals surface area contributed by atoms with Gasteiger partial charge in [-0.1, -0.05) is 25.7 Å². The predicted molar refractivity (Wildman–Crippen MR) is 82.7 cm³/mol. The van der Waals surface area contributed by atoms with Crippen LogP contribution in [0.1, 0.15) is 51.9 Å². The Morgan fingerprint density at radius 1 is 1.25 bits per heavy atom. The van der Waals surface area contributed by atoms with Gasteiger partial charge in [-0.25, -0.2) is 0 Å². The van der Waals surface area contributed by atoms with Gasteiger partial charge in [0.1, 0.15) is 0 Å². The highest BCUT2D eigenvalue weighted by atomic mass is 32.2. The molecule has 2 rings (SSSR count). The number of nitrogens with one attached hydrogen (secondary N) is 1. The van der Waals surface area contributed by atoms with Crippen molar-refractivity contribution < 1.29 is 9.59 Å². The van der Waals surface area contributed by atoms with E-state index in [1.54, 1.807) is 16.7 Å². The highest BCUT2D eigenvalue weighted by Gasteiger charge is 2.42. The van der Waals surface area contributed by atoms with Gasteiger partial charge in [0.25, 0.3) is 0 Å². The molecule has 1 heterocycles. The van der Waals surface area contributed by atoms with E-state index < -0.39 is 0 Å². The lowest BCUT2D eigenvalue weighted by molar-refractivity contribution is -0.141. The third-order valence-corrected chi connectivity index (χ3v) is 5.11. The Hall–Kier alpha value is -0.550. The average molecular weight is 298 g/mol. The molecule has 2 atom stereocenters. The van der Waals surface area contributed by atoms with Crippen LogP contribution in [0.3, 0.4) is 0 Å². The van der Waals surface area contributed by atoms with E-state index in [9.17, 15) is 9.59 Å². The van der Waals surface area contributed by atoms with Crippen LogP contribution in [0.15, 0.2) is 0 Å². The molecular formula is C15H26N2O2S. The Morgan fingerprint density at radius 2 is 1.90 bits per heavy atom. The van der Waals surface area contributed by atoms with Crippen LogP contribution < -0.4 is 5.32 Å². The van der Waals surface area contributed by atoms with Crippen LogP contribution >= 0.6 is 11.8 Å². The molecule has 20 heavy (non-hydrogen) atoms. The first kappa shape index (κ1) is 15.8. The largest absolute Gasteiger partial charge is 0.302 e. The first-order valence-electron chi connectivity index (χ1n) is 7.74. The van der Waals surface area contributed by atoms with Gasteiger partial charge in [-0.2, -0.15) is 11.8 Å². The summed E-state index contributed by atoms with van der Waals surface area (Å²) in [5.41, 5.74) is 0. The lowest BCUT2D eigenvalue weighted by Gasteiger charge is -2.26. The molecule has 4 nitrogen and oxygen atoms in total. The first-order valence-corrected chi connectivity index (χ1v) is 9.13. The van der Waals surface area contributed by atoms with E-state index >= 15 is 0 Å². The van der Waals surface area contributed by atoms with Gasteiger partial charge in [0.05, 0.1) is 12.5 Å². The number of likely N-dealkylation sites (tertiary alicyclic amines) is 1. The van der Waals surface area contributed by atoms with Crippen LogP contribution in [0.5, 0.6) is 0 Å². The van der Waals surface area contributed by atoms with Gasteiger partial charge in [0.2, 0.25) is 11.8 Å². The van der Waals surface area contributed by atoms with Crippen LogP contribution in [0.25, 0.3) is 0 Å². The molecule has 2 fully saturated rings. The molecule has 2 unspecified atom stereocenters. The van der Waals surface area contributed by atoms with Crippen LogP contribution in [-0.2, 0) is 9.59 Å². The minimum atomic E-state index is -0.298. The van der Waals surface area contributed by atoms with Gasteiger partial charge in [-0.3, -0.25) is 14.5 Å². The van der Waals surface area contributed by atoms with E-state index in [0.717, 1.165) is 31.4 Å². The molecule has 1 saturated carbocycles. The molecule has 114 valence electrons. The average Bonchev–Trinajstić information content (AvgIpc) is 2.61. The topological polar surface area (TPSA) is 49.4 Å². The molecule has 1 aliphatic carbocycles. The van der Waals surface area contributed by atoms with E-state index in [1.807, 2.05) is 0 Å². The van der Waals surface area contributed by atoms with Crippen molar-refractivity contribution in [2.24, 2.45) is 0 Å². The zero-order valence-corrected chi connectivity index (χ0v) is 13.4. The van der Waals surface area contributed by atoms with Gasteiger partial charge >= 0.3 is 0 Å². The zero-order valence-electron chi connectivity index (χ0n) is 12.6. The SMILES string of the molecule is CSCC(C)NC1CC(=O)N(C2CCCCCC2)C1=O. The summed E-state index contributed by atoms with van der Waals surface area (Å²) in [6.45, 7) is 2.07. The van der Waals surface area contributed by atoms with Crippen LogP contribution in [-0.4, -0.2) is 46.8 Å². The van der Waals surface area contributed by atoms with Crippen LogP contribution in [0.4, 0.5) is 0 Å². The molecule has 0 spiro atoms. The van der Waals surface area contributed by atoms with Gasteiger partial charge in [0, 0.05) is 17.8 Å². The summed E-state index contributed by atoms with van der Waals surface area (Å²) in [4.78, 5) is 26.3. The van der Waals surface area contributed by atoms with Gasteiger partial charge in [-0.05, 0) is 26.0 Å². The number of nitrogens with zero attached hydrogens (tertiary/aromatic N) is 1. The molecular weight excluding hydrogens is 272 g/mol. The van der Waals surface area contributed by atoms with Crippen LogP contribution in [0.2, 0.25) is 0 Å². The fourth-order valence-electron chi connectivity index (χ4n) is 3.32. The summed E-state index contributed by atoms with van der Waals surface area (Å²) in [6.07, 6.45) is 9.13. The smallest absolute Gasteiger partial charge is 0.247 e. The summed E-state index contributed by atoms with van der Waals surface area (Å²) in [6, 6.07) is 0.119. The zero-order chi connectivity index (χ0) is 14.5. The minimum absolute atomic E-state index is 0.00912. The Kier molecular flexibility index (Phi) is 5.90. The quantitative estimate of drug-likeness (QED) is 0.624. The highest BCUT2D eigenvalue weighted by molar-refractivity contribution is 7.98. The predicted octanol–water partition coefficient (Wildman–Crippen LogP) is 2.18. The summed E-state index contributed by atoms with van der Waals surface area (Å²) < 4.78 is 0. The second kappa shape index (κ2) is 7.46. The van der Waals surface area contributed by atoms with Crippen molar-refractivity contribution in [2.45, 2.75) is 70.0 Å². The maximum absolute atomic E-state index is 12.5. The lowest BCUT2D eigenvalue weighted by atomic mass is 10.1. The second-order valence-corrected chi connectivity index (χ2v) is 6.94. The number of hydrogen-bond acceptors (Lipinski definition) is 4. The van der Waals surface area contributed by atoms with Gasteiger partial charge in [-0.15, -0.1) is 0 Å². The number of thioether (sulfide) groups is 1. The number of carbonyl (C=O) groups is 2. The molecule has 2 aliphatic rings. The fourth-order valence-corrected chi connectivity index (χ4v) is 3.92. The third-order valence-electron chi connectivity index (χ3n) is 4.28. The third kappa shape index (κ3) is 3.76. The number of rotatable bonds is 5. The maximum Gasteiger partial charge on any atom is 0.247 e. The number of amides is 2. The van der Waals surface area contributed by atoms with E-state index in [1.165, 1.54) is 12.8 Å². The standard InChI is InChI=1S/C15H26N2O2S/c1-11(10-20-2)16-13-9-14(18)17(15(13)19)12-7-5-3-4-6-8-12/h11-13,16H,3-10H2,1-2H3. The molecule has 0 aromatic carbocycles. The minimum Gasteiger partial charge on any atom is -0.302 e. The Bertz CT molecular complexity index is 354. The molecule has 1 saturated heterocycles. The number of carbonyl (C=O) groups excluding carboxylic acids is 2. The molecule has 0 bridgehead atoms. The highest BCUT2D eigenvalue weighted by Crippen LogP contribution is 2.26. The van der Waals surface area contributed by atoms with E-state index in [0.29, 0.717) is 6.42 Å².